The number of halogens is 2. The van der Waals surface area contributed by atoms with Gasteiger partial charge in [0.25, 0.3) is 0 Å². The zero-order valence-corrected chi connectivity index (χ0v) is 46.5. The Bertz CT molecular complexity index is 3470. The van der Waals surface area contributed by atoms with Crippen LogP contribution in [-0.4, -0.2) is 74.2 Å². The molecule has 4 N–H and O–H groups in total. The number of benzene rings is 4. The number of aryl methyl sites for hydroxylation is 4. The third-order valence-corrected chi connectivity index (χ3v) is 17.6. The topological polar surface area (TPSA) is 185 Å². The van der Waals surface area contributed by atoms with Gasteiger partial charge in [-0.15, -0.1) is 43.1 Å². The van der Waals surface area contributed by atoms with Crippen molar-refractivity contribution in [3.8, 4) is 10.0 Å². The van der Waals surface area contributed by atoms with Crippen LogP contribution in [0, 0.1) is 41.5 Å². The minimum Gasteiger partial charge on any atom is -0.389 e. The van der Waals surface area contributed by atoms with Gasteiger partial charge in [0.15, 0.2) is 11.6 Å². The summed E-state index contributed by atoms with van der Waals surface area (Å²) in [7, 11) is 0. The molecule has 0 bridgehead atoms. The Labute approximate surface area is 458 Å². The highest BCUT2D eigenvalue weighted by Gasteiger charge is 2.36. The minimum atomic E-state index is -0.740. The highest BCUT2D eigenvalue weighted by atomic mass is 35.5. The van der Waals surface area contributed by atoms with Crippen molar-refractivity contribution in [1.82, 2.24) is 29.5 Å². The smallest absolute Gasteiger partial charge is 0.227 e. The van der Waals surface area contributed by atoms with Gasteiger partial charge in [-0.1, -0.05) is 59.6 Å². The van der Waals surface area contributed by atoms with Crippen molar-refractivity contribution >= 4 is 80.5 Å². The van der Waals surface area contributed by atoms with Crippen LogP contribution in [0.3, 0.4) is 0 Å². The summed E-state index contributed by atoms with van der Waals surface area (Å²) >= 11 is 15.8. The normalized spacial score (nSPS) is 19.8. The Kier molecular flexibility index (Phi) is 13.4. The number of aliphatic hydroxyl groups is 2. The van der Waals surface area contributed by atoms with Gasteiger partial charge >= 0.3 is 0 Å². The van der Waals surface area contributed by atoms with Crippen LogP contribution in [0.25, 0.3) is 10.0 Å². The van der Waals surface area contributed by atoms with E-state index in [4.69, 9.17) is 33.2 Å². The average Bonchev–Trinajstić information content (AvgIpc) is 4.19. The van der Waals surface area contributed by atoms with E-state index in [9.17, 15) is 19.8 Å². The Morgan fingerprint density at radius 2 is 0.934 bits per heavy atom. The Balaban J connectivity index is 0.000000162. The van der Waals surface area contributed by atoms with Gasteiger partial charge in [0, 0.05) is 79.1 Å². The lowest BCUT2D eigenvalue weighted by atomic mass is 9.99. The van der Waals surface area contributed by atoms with Gasteiger partial charge in [0.1, 0.15) is 33.7 Å². The fourth-order valence-electron chi connectivity index (χ4n) is 10.9. The molecule has 4 atom stereocenters. The van der Waals surface area contributed by atoms with Gasteiger partial charge in [0.2, 0.25) is 11.8 Å². The number of carbonyl (C=O) groups excluding carboxylic acids is 2. The third-order valence-electron chi connectivity index (χ3n) is 14.7. The number of carbonyl (C=O) groups is 2. The first kappa shape index (κ1) is 51.4. The van der Waals surface area contributed by atoms with E-state index in [0.29, 0.717) is 58.8 Å². The zero-order chi connectivity index (χ0) is 53.5. The van der Waals surface area contributed by atoms with Crippen molar-refractivity contribution in [2.75, 3.05) is 10.6 Å². The zero-order valence-electron chi connectivity index (χ0n) is 43.3. The Hall–Kier alpha value is -6.66. The van der Waals surface area contributed by atoms with Crippen LogP contribution < -0.4 is 10.6 Å². The first-order valence-electron chi connectivity index (χ1n) is 25.2. The lowest BCUT2D eigenvalue weighted by Gasteiger charge is -2.14. The molecule has 14 nitrogen and oxygen atoms in total. The summed E-state index contributed by atoms with van der Waals surface area (Å²) in [6.45, 7) is 16.0. The van der Waals surface area contributed by atoms with Crippen molar-refractivity contribution in [2.45, 2.75) is 117 Å². The first-order chi connectivity index (χ1) is 36.2. The molecule has 2 aliphatic carbocycles. The van der Waals surface area contributed by atoms with Crippen molar-refractivity contribution in [3.63, 3.8) is 0 Å². The van der Waals surface area contributed by atoms with Crippen LogP contribution in [-0.2, 0) is 35.3 Å². The largest absolute Gasteiger partial charge is 0.389 e. The highest BCUT2D eigenvalue weighted by molar-refractivity contribution is 7.15. The number of anilines is 2. The number of amides is 2. The molecule has 4 aliphatic rings. The molecule has 8 aromatic rings. The van der Waals surface area contributed by atoms with Crippen molar-refractivity contribution in [3.05, 3.63) is 184 Å². The third kappa shape index (κ3) is 9.86. The molecule has 12 rings (SSSR count). The van der Waals surface area contributed by atoms with Gasteiger partial charge in [-0.3, -0.25) is 28.7 Å². The van der Waals surface area contributed by atoms with E-state index in [0.717, 1.165) is 88.7 Å². The van der Waals surface area contributed by atoms with Crippen LogP contribution in [0.5, 0.6) is 0 Å². The quantitative estimate of drug-likeness (QED) is 0.116. The van der Waals surface area contributed by atoms with Gasteiger partial charge in [0.05, 0.1) is 35.5 Å². The SMILES string of the molecule is Cc1sc2c(c1C)C(c1ccc(Cl)cc1)=N[C@@H](CC(=O)Nc1ccc3c(c1)C[C@@](C)(O)C3)c1nnc(C)n1-2.Cc1sc2c(c1C)C(c1ccc(Cl)cc1)=N[C@@H](CC(=O)Nc1ccc3c(c1)C[C@](C)(O)C3)c1nnc(C)n1-2. The molecule has 6 heterocycles. The molecule has 18 heteroatoms. The van der Waals surface area contributed by atoms with E-state index in [1.54, 1.807) is 22.7 Å². The molecule has 0 fully saturated rings. The molecular formula is C58H56Cl2N10O4S2. The number of hydrogen-bond donors (Lipinski definition) is 4. The van der Waals surface area contributed by atoms with Crippen LogP contribution in [0.2, 0.25) is 10.0 Å². The van der Waals surface area contributed by atoms with E-state index in [1.165, 1.54) is 9.75 Å². The molecule has 2 amide bonds. The molecule has 4 aromatic carbocycles. The summed E-state index contributed by atoms with van der Waals surface area (Å²) in [4.78, 5) is 39.4. The Morgan fingerprint density at radius 3 is 1.32 bits per heavy atom. The second kappa shape index (κ2) is 19.7. The second-order valence-corrected chi connectivity index (χ2v) is 24.3. The summed E-state index contributed by atoms with van der Waals surface area (Å²) in [5, 5.41) is 48.0. The van der Waals surface area contributed by atoms with Crippen molar-refractivity contribution < 1.29 is 19.8 Å². The maximum atomic E-state index is 13.4. The van der Waals surface area contributed by atoms with E-state index in [-0.39, 0.29) is 24.7 Å². The van der Waals surface area contributed by atoms with E-state index in [1.807, 2.05) is 122 Å². The van der Waals surface area contributed by atoms with Crippen LogP contribution in [0.4, 0.5) is 11.4 Å². The fraction of sp³-hybridized carbons (Fsp3) is 0.310. The predicted molar refractivity (Wildman–Crippen MR) is 302 cm³/mol. The van der Waals surface area contributed by atoms with E-state index in [2.05, 4.69) is 58.7 Å². The van der Waals surface area contributed by atoms with Crippen LogP contribution in [0.15, 0.2) is 94.9 Å². The number of aromatic nitrogens is 6. The average molecular weight is 1090 g/mol. The number of thiophene rings is 2. The molecule has 0 spiro atoms. The van der Waals surface area contributed by atoms with Crippen LogP contribution >= 0.6 is 45.9 Å². The number of nitrogens with zero attached hydrogens (tertiary/aromatic N) is 8. The molecule has 4 aromatic heterocycles. The van der Waals surface area contributed by atoms with Gasteiger partial charge in [-0.05, 0) is 137 Å². The minimum absolute atomic E-state index is 0.108. The molecule has 0 unspecified atom stereocenters. The van der Waals surface area contributed by atoms with Gasteiger partial charge in [-0.25, -0.2) is 0 Å². The Morgan fingerprint density at radius 1 is 0.566 bits per heavy atom. The second-order valence-electron chi connectivity index (χ2n) is 21.0. The maximum absolute atomic E-state index is 13.4. The van der Waals surface area contributed by atoms with Crippen molar-refractivity contribution in [1.29, 1.82) is 0 Å². The molecule has 0 radical (unpaired) electrons. The number of nitrogens with one attached hydrogen (secondary N) is 2. The summed E-state index contributed by atoms with van der Waals surface area (Å²) in [5.74, 6) is 2.48. The predicted octanol–water partition coefficient (Wildman–Crippen LogP) is 11.4. The molecule has 76 heavy (non-hydrogen) atoms. The summed E-state index contributed by atoms with van der Waals surface area (Å²) in [6.07, 6.45) is 2.62. The molecule has 388 valence electrons. The number of fused-ring (bicyclic) bond motifs is 8. The monoisotopic (exact) mass is 1090 g/mol. The summed E-state index contributed by atoms with van der Waals surface area (Å²) in [6, 6.07) is 25.9. The lowest BCUT2D eigenvalue weighted by Crippen LogP contribution is -2.23. The highest BCUT2D eigenvalue weighted by Crippen LogP contribution is 2.42. The molecule has 0 saturated heterocycles. The maximum Gasteiger partial charge on any atom is 0.227 e. The molecule has 2 aliphatic heterocycles. The van der Waals surface area contributed by atoms with E-state index < -0.39 is 23.3 Å². The number of aliphatic imine (C=N–C) groups is 2. The fourth-order valence-corrected chi connectivity index (χ4v) is 13.6. The standard InChI is InChI=1S/2C29H28ClN5O2S/c2*1-15-16(2)38-28-25(15)26(18-5-8-21(30)9-6-18)32-23(27-34-33-17(3)35(27)28)12-24(36)31-22-10-7-19-13-29(4,37)14-20(19)11-22/h2*5-11,23,37H,12-14H2,1-4H3,(H,31,36)/t23-,29+;23-,29-/m00/s1. The summed E-state index contributed by atoms with van der Waals surface area (Å²) in [5.41, 5.74) is 12.2. The molecule has 0 saturated carbocycles. The van der Waals surface area contributed by atoms with E-state index >= 15 is 0 Å². The number of rotatable bonds is 8. The first-order valence-corrected chi connectivity index (χ1v) is 27.6. The lowest BCUT2D eigenvalue weighted by molar-refractivity contribution is -0.117. The van der Waals surface area contributed by atoms with Crippen molar-refractivity contribution in [2.24, 2.45) is 9.98 Å². The van der Waals surface area contributed by atoms with Crippen LogP contribution in [0.1, 0.15) is 127 Å². The van der Waals surface area contributed by atoms with Gasteiger partial charge in [-0.2, -0.15) is 0 Å². The van der Waals surface area contributed by atoms with Gasteiger partial charge < -0.3 is 20.8 Å². The number of hydrogen-bond acceptors (Lipinski definition) is 12. The molecular weight excluding hydrogens is 1040 g/mol. The summed E-state index contributed by atoms with van der Waals surface area (Å²) < 4.78 is 4.09.